The molecule has 4 heteroatoms. The van der Waals surface area contributed by atoms with Gasteiger partial charge in [0.1, 0.15) is 0 Å². The average molecular weight is 263 g/mol. The normalized spacial score (nSPS) is 20.8. The smallest absolute Gasteiger partial charge is 0.0888 e. The van der Waals surface area contributed by atoms with Gasteiger partial charge in [-0.25, -0.2) is 0 Å². The first-order valence-electron chi connectivity index (χ1n) is 6.21. The molecule has 1 unspecified atom stereocenters. The Balaban J connectivity index is 1.97. The second-order valence-electron chi connectivity index (χ2n) is 4.48. The van der Waals surface area contributed by atoms with E-state index < -0.39 is 0 Å². The molecule has 1 aromatic carbocycles. The molecule has 2 heterocycles. The minimum Gasteiger partial charge on any atom is -0.372 e. The van der Waals surface area contributed by atoms with Gasteiger partial charge in [0.25, 0.3) is 0 Å². The number of nitrogens with zero attached hydrogens (tertiary/aromatic N) is 1. The number of para-hydroxylation sites is 1. The first kappa shape index (κ1) is 11.9. The number of benzene rings is 1. The Morgan fingerprint density at radius 2 is 2.28 bits per heavy atom. The van der Waals surface area contributed by atoms with Crippen molar-refractivity contribution in [2.75, 3.05) is 19.7 Å². The van der Waals surface area contributed by atoms with E-state index in [2.05, 4.69) is 16.4 Å². The van der Waals surface area contributed by atoms with E-state index in [0.29, 0.717) is 5.02 Å². The maximum Gasteiger partial charge on any atom is 0.0888 e. The van der Waals surface area contributed by atoms with Gasteiger partial charge in [0.2, 0.25) is 0 Å². The zero-order valence-corrected chi connectivity index (χ0v) is 10.8. The number of aromatic nitrogens is 1. The second kappa shape index (κ2) is 5.22. The summed E-state index contributed by atoms with van der Waals surface area (Å²) in [6.07, 6.45) is 2.99. The highest BCUT2D eigenvalue weighted by atomic mass is 35.5. The average Bonchev–Trinajstić information content (AvgIpc) is 2.67. The van der Waals surface area contributed by atoms with Crippen LogP contribution in [0.3, 0.4) is 0 Å². The number of ether oxygens (including phenoxy) is 1. The lowest BCUT2D eigenvalue weighted by molar-refractivity contribution is 0.0643. The van der Waals surface area contributed by atoms with Crippen molar-refractivity contribution in [3.63, 3.8) is 0 Å². The summed E-state index contributed by atoms with van der Waals surface area (Å²) in [6, 6.07) is 7.98. The molecule has 1 fully saturated rings. The summed E-state index contributed by atoms with van der Waals surface area (Å²) in [4.78, 5) is 4.45. The van der Waals surface area contributed by atoms with Crippen LogP contribution in [0.15, 0.2) is 30.5 Å². The van der Waals surface area contributed by atoms with E-state index in [-0.39, 0.29) is 6.10 Å². The predicted octanol–water partition coefficient (Wildman–Crippen LogP) is 2.94. The van der Waals surface area contributed by atoms with Crippen LogP contribution in [-0.2, 0) is 4.74 Å². The second-order valence-corrected chi connectivity index (χ2v) is 4.89. The largest absolute Gasteiger partial charge is 0.372 e. The molecule has 94 valence electrons. The number of fused-ring (bicyclic) bond motifs is 1. The molecule has 1 saturated heterocycles. The van der Waals surface area contributed by atoms with E-state index in [1.807, 2.05) is 24.4 Å². The number of hydrogen-bond acceptors (Lipinski definition) is 3. The van der Waals surface area contributed by atoms with Crippen molar-refractivity contribution in [2.45, 2.75) is 12.5 Å². The fourth-order valence-electron chi connectivity index (χ4n) is 2.29. The molecule has 3 rings (SSSR count). The molecule has 0 saturated carbocycles. The van der Waals surface area contributed by atoms with Crippen molar-refractivity contribution in [1.29, 1.82) is 0 Å². The molecule has 1 aliphatic heterocycles. The Bertz CT molecular complexity index is 550. The van der Waals surface area contributed by atoms with Gasteiger partial charge in [-0.1, -0.05) is 23.7 Å². The topological polar surface area (TPSA) is 34.1 Å². The molecule has 2 aromatic rings. The molecular weight excluding hydrogens is 248 g/mol. The molecule has 1 aliphatic rings. The van der Waals surface area contributed by atoms with E-state index in [9.17, 15) is 0 Å². The standard InChI is InChI=1S/C14H15ClN2O/c15-12-3-1-2-10-8-11(9-17-14(10)12)13-4-5-16-6-7-18-13/h1-3,8-9,13,16H,4-7H2. The molecule has 1 atom stereocenters. The van der Waals surface area contributed by atoms with E-state index in [1.165, 1.54) is 0 Å². The Kier molecular flexibility index (Phi) is 3.46. The number of halogens is 1. The Hall–Kier alpha value is -1.16. The van der Waals surface area contributed by atoms with Crippen molar-refractivity contribution < 1.29 is 4.74 Å². The monoisotopic (exact) mass is 262 g/mol. The van der Waals surface area contributed by atoms with Gasteiger partial charge in [0.05, 0.1) is 23.3 Å². The summed E-state index contributed by atoms with van der Waals surface area (Å²) in [5.74, 6) is 0. The van der Waals surface area contributed by atoms with Crippen LogP contribution in [0, 0.1) is 0 Å². The van der Waals surface area contributed by atoms with Gasteiger partial charge >= 0.3 is 0 Å². The molecular formula is C14H15ClN2O. The molecule has 0 amide bonds. The molecule has 0 aliphatic carbocycles. The van der Waals surface area contributed by atoms with Crippen LogP contribution < -0.4 is 5.32 Å². The highest BCUT2D eigenvalue weighted by molar-refractivity contribution is 6.35. The van der Waals surface area contributed by atoms with Crippen molar-refractivity contribution in [1.82, 2.24) is 10.3 Å². The van der Waals surface area contributed by atoms with E-state index >= 15 is 0 Å². The van der Waals surface area contributed by atoms with E-state index in [0.717, 1.165) is 42.6 Å². The third kappa shape index (κ3) is 2.34. The van der Waals surface area contributed by atoms with Crippen LogP contribution in [-0.4, -0.2) is 24.7 Å². The lowest BCUT2D eigenvalue weighted by Gasteiger charge is -2.15. The number of hydrogen-bond donors (Lipinski definition) is 1. The maximum atomic E-state index is 6.12. The van der Waals surface area contributed by atoms with Gasteiger partial charge in [0.15, 0.2) is 0 Å². The van der Waals surface area contributed by atoms with Gasteiger partial charge < -0.3 is 10.1 Å². The summed E-state index contributed by atoms with van der Waals surface area (Å²) < 4.78 is 5.83. The Labute approximate surface area is 111 Å². The highest BCUT2D eigenvalue weighted by Gasteiger charge is 2.15. The van der Waals surface area contributed by atoms with Gasteiger partial charge in [-0.15, -0.1) is 0 Å². The molecule has 0 radical (unpaired) electrons. The van der Waals surface area contributed by atoms with Crippen LogP contribution in [0.2, 0.25) is 5.02 Å². The third-order valence-corrected chi connectivity index (χ3v) is 3.54. The number of rotatable bonds is 1. The molecule has 1 N–H and O–H groups in total. The first-order valence-corrected chi connectivity index (χ1v) is 6.59. The van der Waals surface area contributed by atoms with Crippen LogP contribution in [0.25, 0.3) is 10.9 Å². The van der Waals surface area contributed by atoms with Gasteiger partial charge in [0, 0.05) is 18.1 Å². The minimum absolute atomic E-state index is 0.135. The van der Waals surface area contributed by atoms with Gasteiger partial charge in [-0.3, -0.25) is 4.98 Å². The van der Waals surface area contributed by atoms with Crippen molar-refractivity contribution in [3.05, 3.63) is 41.0 Å². The first-order chi connectivity index (χ1) is 8.84. The quantitative estimate of drug-likeness (QED) is 0.858. The zero-order chi connectivity index (χ0) is 12.4. The SMILES string of the molecule is Clc1cccc2cc(C3CCNCCO3)cnc12. The van der Waals surface area contributed by atoms with Crippen LogP contribution in [0.4, 0.5) is 0 Å². The van der Waals surface area contributed by atoms with E-state index in [4.69, 9.17) is 16.3 Å². The third-order valence-electron chi connectivity index (χ3n) is 3.24. The molecule has 3 nitrogen and oxygen atoms in total. The molecule has 18 heavy (non-hydrogen) atoms. The fourth-order valence-corrected chi connectivity index (χ4v) is 2.53. The Morgan fingerprint density at radius 1 is 1.33 bits per heavy atom. The Morgan fingerprint density at radius 3 is 3.22 bits per heavy atom. The van der Waals surface area contributed by atoms with Crippen molar-refractivity contribution >= 4 is 22.5 Å². The maximum absolute atomic E-state index is 6.12. The van der Waals surface area contributed by atoms with Crippen molar-refractivity contribution in [3.8, 4) is 0 Å². The summed E-state index contributed by atoms with van der Waals surface area (Å²) in [5.41, 5.74) is 1.99. The lowest BCUT2D eigenvalue weighted by Crippen LogP contribution is -2.16. The molecule has 0 bridgehead atoms. The van der Waals surface area contributed by atoms with Gasteiger partial charge in [-0.05, 0) is 30.7 Å². The van der Waals surface area contributed by atoms with Crippen molar-refractivity contribution in [2.24, 2.45) is 0 Å². The summed E-state index contributed by atoms with van der Waals surface area (Å²) in [5, 5.41) is 5.09. The van der Waals surface area contributed by atoms with Crippen LogP contribution in [0.1, 0.15) is 18.1 Å². The highest BCUT2D eigenvalue weighted by Crippen LogP contribution is 2.27. The van der Waals surface area contributed by atoms with Crippen LogP contribution >= 0.6 is 11.6 Å². The minimum atomic E-state index is 0.135. The molecule has 0 spiro atoms. The number of pyridine rings is 1. The van der Waals surface area contributed by atoms with Crippen LogP contribution in [0.5, 0.6) is 0 Å². The summed E-state index contributed by atoms with van der Waals surface area (Å²) in [7, 11) is 0. The zero-order valence-electron chi connectivity index (χ0n) is 10.0. The number of nitrogens with one attached hydrogen (secondary N) is 1. The summed E-state index contributed by atoms with van der Waals surface area (Å²) >= 11 is 6.12. The fraction of sp³-hybridized carbons (Fsp3) is 0.357. The van der Waals surface area contributed by atoms with E-state index in [1.54, 1.807) is 0 Å². The molecule has 1 aromatic heterocycles. The predicted molar refractivity (Wildman–Crippen MR) is 72.9 cm³/mol. The van der Waals surface area contributed by atoms with Gasteiger partial charge in [-0.2, -0.15) is 0 Å². The summed E-state index contributed by atoms with van der Waals surface area (Å²) in [6.45, 7) is 2.65. The lowest BCUT2D eigenvalue weighted by atomic mass is 10.1.